The lowest BCUT2D eigenvalue weighted by molar-refractivity contribution is -0.123. The summed E-state index contributed by atoms with van der Waals surface area (Å²) in [5.41, 5.74) is 0. The highest BCUT2D eigenvalue weighted by atomic mass is 32.1. The van der Waals surface area contributed by atoms with Crippen molar-refractivity contribution < 1.29 is 19.1 Å². The molecule has 8 heteroatoms. The second-order valence-electron chi connectivity index (χ2n) is 6.13. The van der Waals surface area contributed by atoms with E-state index in [-0.39, 0.29) is 5.92 Å². The molecule has 0 aliphatic heterocycles. The normalized spacial score (nSPS) is 11.0. The summed E-state index contributed by atoms with van der Waals surface area (Å²) in [6, 6.07) is 9.18. The summed E-state index contributed by atoms with van der Waals surface area (Å²) in [5, 5.41) is 5.79. The van der Waals surface area contributed by atoms with Gasteiger partial charge in [0.25, 0.3) is 5.91 Å². The molecule has 0 radical (unpaired) electrons. The highest BCUT2D eigenvalue weighted by Crippen LogP contribution is 2.39. The minimum Gasteiger partial charge on any atom is -0.451 e. The lowest BCUT2D eigenvalue weighted by Gasteiger charge is -2.08. The summed E-state index contributed by atoms with van der Waals surface area (Å²) in [6.45, 7) is 3.84. The molecule has 2 aromatic heterocycles. The van der Waals surface area contributed by atoms with Crippen molar-refractivity contribution in [3.05, 3.63) is 35.2 Å². The molecule has 3 rings (SSSR count). The molecule has 0 saturated carbocycles. The Balaban J connectivity index is 1.57. The van der Waals surface area contributed by atoms with Crippen molar-refractivity contribution in [1.29, 1.82) is 0 Å². The Kier molecular flexibility index (Phi) is 5.53. The van der Waals surface area contributed by atoms with Crippen molar-refractivity contribution in [3.63, 3.8) is 0 Å². The zero-order valence-electron chi connectivity index (χ0n) is 14.3. The Labute approximate surface area is 158 Å². The summed E-state index contributed by atoms with van der Waals surface area (Å²) < 4.78 is 8.23. The fourth-order valence-corrected chi connectivity index (χ4v) is 4.72. The molecule has 0 bridgehead atoms. The Hall–Kier alpha value is -2.45. The summed E-state index contributed by atoms with van der Waals surface area (Å²) in [4.78, 5) is 35.8. The molecule has 0 atom stereocenters. The van der Waals surface area contributed by atoms with Crippen LogP contribution in [-0.4, -0.2) is 31.1 Å². The van der Waals surface area contributed by atoms with Gasteiger partial charge in [0.05, 0.1) is 4.70 Å². The molecule has 0 saturated heterocycles. The Morgan fingerprint density at radius 1 is 1.12 bits per heavy atom. The fourth-order valence-electron chi connectivity index (χ4n) is 2.31. The predicted octanol–water partition coefficient (Wildman–Crippen LogP) is 3.75. The van der Waals surface area contributed by atoms with Crippen LogP contribution in [0.2, 0.25) is 0 Å². The van der Waals surface area contributed by atoms with E-state index in [4.69, 9.17) is 4.74 Å². The van der Waals surface area contributed by atoms with Crippen LogP contribution in [0.25, 0.3) is 19.5 Å². The van der Waals surface area contributed by atoms with Crippen LogP contribution in [0, 0.1) is 5.92 Å². The van der Waals surface area contributed by atoms with Crippen LogP contribution < -0.4 is 10.6 Å². The van der Waals surface area contributed by atoms with Crippen molar-refractivity contribution in [2.24, 2.45) is 5.92 Å². The number of thiophene rings is 2. The number of nitrogens with one attached hydrogen (secondary N) is 2. The molecule has 0 aliphatic rings. The third-order valence-electron chi connectivity index (χ3n) is 3.51. The first kappa shape index (κ1) is 18.3. The predicted molar refractivity (Wildman–Crippen MR) is 104 cm³/mol. The third-order valence-corrected chi connectivity index (χ3v) is 5.90. The molecular weight excluding hydrogens is 372 g/mol. The van der Waals surface area contributed by atoms with Crippen molar-refractivity contribution in [2.45, 2.75) is 13.8 Å². The summed E-state index contributed by atoms with van der Waals surface area (Å²) in [5.74, 6) is -0.957. The average Bonchev–Trinajstić information content (AvgIpc) is 3.15. The first-order chi connectivity index (χ1) is 12.4. The van der Waals surface area contributed by atoms with Crippen molar-refractivity contribution in [3.8, 4) is 0 Å². The smallest absolute Gasteiger partial charge is 0.348 e. The van der Waals surface area contributed by atoms with E-state index in [9.17, 15) is 14.4 Å². The first-order valence-corrected chi connectivity index (χ1v) is 9.73. The topological polar surface area (TPSA) is 84.5 Å². The lowest BCUT2D eigenvalue weighted by atomic mass is 10.2. The number of fused-ring (bicyclic) bond motifs is 3. The zero-order chi connectivity index (χ0) is 18.7. The van der Waals surface area contributed by atoms with Crippen molar-refractivity contribution in [2.75, 3.05) is 13.2 Å². The molecular formula is C18H18N2O4S2. The van der Waals surface area contributed by atoms with E-state index in [1.54, 1.807) is 17.4 Å². The molecule has 26 heavy (non-hydrogen) atoms. The van der Waals surface area contributed by atoms with Gasteiger partial charge in [0.15, 0.2) is 6.61 Å². The summed E-state index contributed by atoms with van der Waals surface area (Å²) in [6.07, 6.45) is 0. The number of esters is 1. The van der Waals surface area contributed by atoms with Crippen molar-refractivity contribution >= 4 is 60.1 Å². The number of rotatable bonds is 5. The molecule has 3 amide bonds. The third kappa shape index (κ3) is 4.20. The second-order valence-corrected chi connectivity index (χ2v) is 8.27. The van der Waals surface area contributed by atoms with Gasteiger partial charge in [0.2, 0.25) is 0 Å². The van der Waals surface area contributed by atoms with Crippen LogP contribution in [0.3, 0.4) is 0 Å². The molecule has 0 fully saturated rings. The van der Waals surface area contributed by atoms with E-state index in [0.717, 1.165) is 14.8 Å². The summed E-state index contributed by atoms with van der Waals surface area (Å²) >= 11 is 2.95. The van der Waals surface area contributed by atoms with Gasteiger partial charge in [-0.25, -0.2) is 9.59 Å². The fraction of sp³-hybridized carbons (Fsp3) is 0.278. The van der Waals surface area contributed by atoms with Crippen LogP contribution in [0.5, 0.6) is 0 Å². The van der Waals surface area contributed by atoms with Gasteiger partial charge >= 0.3 is 12.0 Å². The van der Waals surface area contributed by atoms with Gasteiger partial charge in [-0.1, -0.05) is 32.0 Å². The Bertz CT molecular complexity index is 974. The average molecular weight is 390 g/mol. The minimum absolute atomic E-state index is 0.275. The largest absolute Gasteiger partial charge is 0.451 e. The van der Waals surface area contributed by atoms with E-state index in [1.807, 2.05) is 38.1 Å². The number of carbonyl (C=O) groups excluding carboxylic acids is 3. The quantitative estimate of drug-likeness (QED) is 0.650. The number of amides is 3. The van der Waals surface area contributed by atoms with Gasteiger partial charge in [-0.15, -0.1) is 22.7 Å². The minimum atomic E-state index is -0.663. The molecule has 0 aliphatic carbocycles. The van der Waals surface area contributed by atoms with Crippen molar-refractivity contribution in [1.82, 2.24) is 10.6 Å². The first-order valence-electron chi connectivity index (χ1n) is 8.10. The molecule has 1 aromatic carbocycles. The van der Waals surface area contributed by atoms with Crippen LogP contribution in [0.15, 0.2) is 30.3 Å². The molecule has 3 aromatic rings. The molecule has 2 N–H and O–H groups in total. The lowest BCUT2D eigenvalue weighted by Crippen LogP contribution is -2.42. The summed E-state index contributed by atoms with van der Waals surface area (Å²) in [7, 11) is 0. The van der Waals surface area contributed by atoms with Gasteiger partial charge < -0.3 is 10.1 Å². The zero-order valence-corrected chi connectivity index (χ0v) is 16.0. The second kappa shape index (κ2) is 7.84. The van der Waals surface area contributed by atoms with Gasteiger partial charge in [-0.05, 0) is 18.1 Å². The molecule has 2 heterocycles. The number of hydrogen-bond donors (Lipinski definition) is 2. The highest BCUT2D eigenvalue weighted by molar-refractivity contribution is 7.33. The van der Waals surface area contributed by atoms with Gasteiger partial charge in [-0.2, -0.15) is 0 Å². The molecule has 136 valence electrons. The number of ether oxygens (including phenoxy) is 1. The SMILES string of the molecule is CC(C)CNC(=O)NC(=O)COC(=O)c1cc2sc3ccccc3c2s1. The van der Waals surface area contributed by atoms with Gasteiger partial charge in [0, 0.05) is 21.3 Å². The number of carbonyl (C=O) groups is 3. The van der Waals surface area contributed by atoms with Crippen LogP contribution in [0.4, 0.5) is 4.79 Å². The standard InChI is InChI=1S/C18H18N2O4S2/c1-10(2)8-19-18(23)20-15(21)9-24-17(22)14-7-13-16(26-14)11-5-3-4-6-12(11)25-13/h3-7,10H,8-9H2,1-2H3,(H2,19,20,21,23). The number of hydrogen-bond acceptors (Lipinski definition) is 6. The van der Waals surface area contributed by atoms with Crippen LogP contribution in [0.1, 0.15) is 23.5 Å². The number of urea groups is 1. The molecule has 0 spiro atoms. The van der Waals surface area contributed by atoms with E-state index >= 15 is 0 Å². The molecule has 0 unspecified atom stereocenters. The number of benzene rings is 1. The molecule has 6 nitrogen and oxygen atoms in total. The van der Waals surface area contributed by atoms with Gasteiger partial charge in [-0.3, -0.25) is 10.1 Å². The maximum Gasteiger partial charge on any atom is 0.348 e. The van der Waals surface area contributed by atoms with E-state index in [1.165, 1.54) is 16.0 Å². The Morgan fingerprint density at radius 3 is 2.65 bits per heavy atom. The highest BCUT2D eigenvalue weighted by Gasteiger charge is 2.17. The van der Waals surface area contributed by atoms with E-state index < -0.39 is 24.5 Å². The van der Waals surface area contributed by atoms with E-state index in [0.29, 0.717) is 11.4 Å². The van der Waals surface area contributed by atoms with Crippen LogP contribution in [-0.2, 0) is 9.53 Å². The monoisotopic (exact) mass is 390 g/mol. The number of imide groups is 1. The Morgan fingerprint density at radius 2 is 1.88 bits per heavy atom. The van der Waals surface area contributed by atoms with E-state index in [2.05, 4.69) is 10.6 Å². The maximum absolute atomic E-state index is 12.2. The maximum atomic E-state index is 12.2. The van der Waals surface area contributed by atoms with Gasteiger partial charge in [0.1, 0.15) is 4.88 Å². The van der Waals surface area contributed by atoms with Crippen LogP contribution >= 0.6 is 22.7 Å².